The predicted octanol–water partition coefficient (Wildman–Crippen LogP) is 5.04. The molecule has 1 heterocycles. The van der Waals surface area contributed by atoms with E-state index in [-0.39, 0.29) is 18.7 Å². The van der Waals surface area contributed by atoms with Gasteiger partial charge in [-0.2, -0.15) is 0 Å². The summed E-state index contributed by atoms with van der Waals surface area (Å²) in [5.74, 6) is 0.331. The summed E-state index contributed by atoms with van der Waals surface area (Å²) in [5, 5.41) is 17.0. The summed E-state index contributed by atoms with van der Waals surface area (Å²) in [5.41, 5.74) is 2.43. The number of hydrogen-bond acceptors (Lipinski definition) is 5. The molecule has 7 heteroatoms. The molecule has 1 fully saturated rings. The van der Waals surface area contributed by atoms with E-state index in [4.69, 9.17) is 4.74 Å². The Balaban J connectivity index is 1.27. The average molecular weight is 538 g/mol. The van der Waals surface area contributed by atoms with Gasteiger partial charge in [-0.15, -0.1) is 0 Å². The molecule has 0 aromatic heterocycles. The minimum absolute atomic E-state index is 0.130. The maximum Gasteiger partial charge on any atom is 0.255 e. The highest BCUT2D eigenvalue weighted by Crippen LogP contribution is 2.25. The molecule has 6 nitrogen and oxygen atoms in total. The van der Waals surface area contributed by atoms with Crippen molar-refractivity contribution in [2.75, 3.05) is 25.0 Å². The number of halogens is 1. The summed E-state index contributed by atoms with van der Waals surface area (Å²) in [6.45, 7) is 2.48. The molecule has 3 aromatic carbocycles. The molecule has 184 valence electrons. The summed E-state index contributed by atoms with van der Waals surface area (Å²) < 4.78 is 6.97. The number of rotatable bonds is 10. The number of likely N-dealkylation sites (tertiary alicyclic amines) is 1. The first-order chi connectivity index (χ1) is 17.1. The highest BCUT2D eigenvalue weighted by atomic mass is 79.9. The van der Waals surface area contributed by atoms with Gasteiger partial charge in [0.15, 0.2) is 0 Å². The number of carbonyl (C=O) groups excluding carboxylic acids is 1. The standard InChI is InChI=1S/C28H32BrN3O3/c29-23-15-13-21(14-16-23)19-32-17-7-6-12-27(32)30-18-24(33)20-35-26-11-5-4-10-25(26)31-28(34)22-8-2-1-3-9-22/h1-5,8-11,13-16,24,27,30,33H,6-7,12,17-20H2,(H,31,34). The van der Waals surface area contributed by atoms with Crippen LogP contribution in [0.1, 0.15) is 35.2 Å². The normalized spacial score (nSPS) is 17.0. The van der Waals surface area contributed by atoms with E-state index in [2.05, 4.69) is 55.7 Å². The molecule has 0 saturated carbocycles. The van der Waals surface area contributed by atoms with Crippen LogP contribution in [0.2, 0.25) is 0 Å². The van der Waals surface area contributed by atoms with Crippen molar-refractivity contribution < 1.29 is 14.6 Å². The molecule has 3 N–H and O–H groups in total. The second-order valence-corrected chi connectivity index (χ2v) is 9.71. The van der Waals surface area contributed by atoms with Gasteiger partial charge in [-0.05, 0) is 67.8 Å². The van der Waals surface area contributed by atoms with Crippen LogP contribution in [0, 0.1) is 0 Å². The third-order valence-corrected chi connectivity index (χ3v) is 6.63. The number of nitrogens with one attached hydrogen (secondary N) is 2. The lowest BCUT2D eigenvalue weighted by Crippen LogP contribution is -2.50. The Morgan fingerprint density at radius 3 is 2.57 bits per heavy atom. The Labute approximate surface area is 215 Å². The average Bonchev–Trinajstić information content (AvgIpc) is 2.89. The lowest BCUT2D eigenvalue weighted by molar-refractivity contribution is 0.0706. The topological polar surface area (TPSA) is 73.8 Å². The highest BCUT2D eigenvalue weighted by Gasteiger charge is 2.23. The second-order valence-electron chi connectivity index (χ2n) is 8.80. The summed E-state index contributed by atoms with van der Waals surface area (Å²) in [6, 6.07) is 24.8. The molecule has 0 aliphatic carbocycles. The lowest BCUT2D eigenvalue weighted by Gasteiger charge is -2.36. The van der Waals surface area contributed by atoms with Crippen LogP contribution < -0.4 is 15.4 Å². The van der Waals surface area contributed by atoms with E-state index < -0.39 is 6.10 Å². The number of benzene rings is 3. The number of amides is 1. The van der Waals surface area contributed by atoms with Crippen molar-refractivity contribution in [1.82, 2.24) is 10.2 Å². The molecule has 1 aliphatic rings. The molecule has 35 heavy (non-hydrogen) atoms. The summed E-state index contributed by atoms with van der Waals surface area (Å²) in [7, 11) is 0. The first-order valence-electron chi connectivity index (χ1n) is 12.1. The Bertz CT molecular complexity index is 1080. The van der Waals surface area contributed by atoms with Crippen LogP contribution in [0.25, 0.3) is 0 Å². The molecule has 3 aromatic rings. The minimum atomic E-state index is -0.677. The third-order valence-electron chi connectivity index (χ3n) is 6.10. The number of carbonyl (C=O) groups is 1. The number of hydrogen-bond donors (Lipinski definition) is 3. The Morgan fingerprint density at radius 2 is 1.77 bits per heavy atom. The highest BCUT2D eigenvalue weighted by molar-refractivity contribution is 9.10. The summed E-state index contributed by atoms with van der Waals surface area (Å²) in [6.07, 6.45) is 2.96. The van der Waals surface area contributed by atoms with Crippen molar-refractivity contribution in [3.8, 4) is 5.75 Å². The van der Waals surface area contributed by atoms with Crippen LogP contribution in [0.5, 0.6) is 5.75 Å². The molecule has 2 unspecified atom stereocenters. The first-order valence-corrected chi connectivity index (χ1v) is 12.9. The zero-order valence-electron chi connectivity index (χ0n) is 19.7. The van der Waals surface area contributed by atoms with Gasteiger partial charge in [0, 0.05) is 23.1 Å². The van der Waals surface area contributed by atoms with Crippen LogP contribution >= 0.6 is 15.9 Å². The number of ether oxygens (including phenoxy) is 1. The lowest BCUT2D eigenvalue weighted by atomic mass is 10.1. The van der Waals surface area contributed by atoms with E-state index >= 15 is 0 Å². The molecule has 0 radical (unpaired) electrons. The largest absolute Gasteiger partial charge is 0.489 e. The van der Waals surface area contributed by atoms with Crippen LogP contribution in [-0.2, 0) is 6.54 Å². The number of anilines is 1. The quantitative estimate of drug-likeness (QED) is 0.337. The van der Waals surface area contributed by atoms with Crippen LogP contribution in [0.4, 0.5) is 5.69 Å². The number of aliphatic hydroxyl groups excluding tert-OH is 1. The van der Waals surface area contributed by atoms with Gasteiger partial charge in [-0.3, -0.25) is 15.0 Å². The third kappa shape index (κ3) is 7.64. The maximum absolute atomic E-state index is 12.5. The van der Waals surface area contributed by atoms with Gasteiger partial charge >= 0.3 is 0 Å². The number of aliphatic hydroxyl groups is 1. The molecular weight excluding hydrogens is 506 g/mol. The molecule has 1 saturated heterocycles. The summed E-state index contributed by atoms with van der Waals surface area (Å²) in [4.78, 5) is 15.0. The first kappa shape index (κ1) is 25.4. The van der Waals surface area contributed by atoms with Crippen molar-refractivity contribution in [3.05, 3.63) is 94.5 Å². The van der Waals surface area contributed by atoms with Crippen molar-refractivity contribution in [1.29, 1.82) is 0 Å². The van der Waals surface area contributed by atoms with Crippen molar-refractivity contribution in [3.63, 3.8) is 0 Å². The zero-order chi connectivity index (χ0) is 24.5. The van der Waals surface area contributed by atoms with Crippen molar-refractivity contribution >= 4 is 27.5 Å². The fourth-order valence-electron chi connectivity index (χ4n) is 4.23. The zero-order valence-corrected chi connectivity index (χ0v) is 21.3. The van der Waals surface area contributed by atoms with Gasteiger partial charge in [-0.25, -0.2) is 0 Å². The molecule has 2 atom stereocenters. The Kier molecular flexibility index (Phi) is 9.31. The van der Waals surface area contributed by atoms with Crippen LogP contribution in [0.15, 0.2) is 83.3 Å². The van der Waals surface area contributed by atoms with Gasteiger partial charge < -0.3 is 15.2 Å². The molecular formula is C28H32BrN3O3. The number of nitrogens with zero attached hydrogens (tertiary/aromatic N) is 1. The fourth-order valence-corrected chi connectivity index (χ4v) is 4.50. The smallest absolute Gasteiger partial charge is 0.255 e. The molecule has 1 amide bonds. The van der Waals surface area contributed by atoms with Gasteiger partial charge in [-0.1, -0.05) is 58.4 Å². The second kappa shape index (κ2) is 12.8. The van der Waals surface area contributed by atoms with E-state index in [1.54, 1.807) is 24.3 Å². The van der Waals surface area contributed by atoms with Crippen LogP contribution in [-0.4, -0.2) is 47.9 Å². The van der Waals surface area contributed by atoms with Crippen molar-refractivity contribution in [2.45, 2.75) is 38.1 Å². The minimum Gasteiger partial charge on any atom is -0.489 e. The van der Waals surface area contributed by atoms with Gasteiger partial charge in [0.2, 0.25) is 0 Å². The van der Waals surface area contributed by atoms with E-state index in [1.165, 1.54) is 18.4 Å². The Hall–Kier alpha value is -2.71. The van der Waals surface area contributed by atoms with E-state index in [1.807, 2.05) is 30.3 Å². The number of piperidine rings is 1. The molecule has 0 spiro atoms. The number of para-hydroxylation sites is 2. The van der Waals surface area contributed by atoms with E-state index in [0.717, 1.165) is 24.0 Å². The Morgan fingerprint density at radius 1 is 1.03 bits per heavy atom. The van der Waals surface area contributed by atoms with E-state index in [9.17, 15) is 9.90 Å². The molecule has 1 aliphatic heterocycles. The van der Waals surface area contributed by atoms with Crippen LogP contribution in [0.3, 0.4) is 0 Å². The maximum atomic E-state index is 12.5. The molecule has 0 bridgehead atoms. The molecule has 4 rings (SSSR count). The fraction of sp³-hybridized carbons (Fsp3) is 0.321. The summed E-state index contributed by atoms with van der Waals surface area (Å²) >= 11 is 3.50. The van der Waals surface area contributed by atoms with E-state index in [0.29, 0.717) is 23.5 Å². The van der Waals surface area contributed by atoms with Gasteiger partial charge in [0.05, 0.1) is 11.9 Å². The van der Waals surface area contributed by atoms with Crippen molar-refractivity contribution in [2.24, 2.45) is 0 Å². The predicted molar refractivity (Wildman–Crippen MR) is 143 cm³/mol. The van der Waals surface area contributed by atoms with Gasteiger partial charge in [0.25, 0.3) is 5.91 Å². The van der Waals surface area contributed by atoms with Gasteiger partial charge in [0.1, 0.15) is 18.5 Å². The SMILES string of the molecule is O=C(Nc1ccccc1OCC(O)CNC1CCCCN1Cc1ccc(Br)cc1)c1ccccc1. The monoisotopic (exact) mass is 537 g/mol.